The summed E-state index contributed by atoms with van der Waals surface area (Å²) in [6.07, 6.45) is -4.28. The van der Waals surface area contributed by atoms with Gasteiger partial charge in [0, 0.05) is 13.6 Å². The van der Waals surface area contributed by atoms with E-state index in [-0.39, 0.29) is 24.6 Å². The Kier molecular flexibility index (Phi) is 4.33. The highest BCUT2D eigenvalue weighted by molar-refractivity contribution is 5.50. The number of nitrogens with zero attached hydrogens (tertiary/aromatic N) is 3. The van der Waals surface area contributed by atoms with Crippen molar-refractivity contribution in [1.82, 2.24) is 4.98 Å². The Bertz CT molecular complexity index is 452. The molecule has 0 aliphatic rings. The summed E-state index contributed by atoms with van der Waals surface area (Å²) < 4.78 is 37.9. The molecule has 0 aromatic carbocycles. The van der Waals surface area contributed by atoms with Gasteiger partial charge in [0.2, 0.25) is 0 Å². The highest BCUT2D eigenvalue weighted by atomic mass is 19.4. The number of nitrogen functional groups attached to an aromatic ring is 1. The van der Waals surface area contributed by atoms with Crippen LogP contribution < -0.4 is 16.2 Å². The van der Waals surface area contributed by atoms with Gasteiger partial charge in [-0.15, -0.1) is 0 Å². The summed E-state index contributed by atoms with van der Waals surface area (Å²) in [5, 5.41) is 8.44. The average Bonchev–Trinajstić information content (AvgIpc) is 2.34. The van der Waals surface area contributed by atoms with Crippen LogP contribution in [0.2, 0.25) is 0 Å². The van der Waals surface area contributed by atoms with Crippen molar-refractivity contribution in [3.8, 4) is 6.07 Å². The molecular formula is C10H12F3N5. The number of nitriles is 1. The number of nitrogens with one attached hydrogen (secondary N) is 1. The first-order chi connectivity index (χ1) is 8.38. The third-order valence-corrected chi connectivity index (χ3v) is 2.24. The number of hydrazine groups is 1. The van der Waals surface area contributed by atoms with Crippen molar-refractivity contribution < 1.29 is 13.2 Å². The van der Waals surface area contributed by atoms with Crippen LogP contribution in [0.5, 0.6) is 0 Å². The molecule has 0 aliphatic carbocycles. The number of nitrogens with two attached hydrogens (primary N) is 1. The Morgan fingerprint density at radius 2 is 2.17 bits per heavy atom. The van der Waals surface area contributed by atoms with Gasteiger partial charge in [0.1, 0.15) is 11.6 Å². The lowest BCUT2D eigenvalue weighted by Gasteiger charge is -2.19. The summed E-state index contributed by atoms with van der Waals surface area (Å²) in [6.45, 7) is 0.287. The predicted molar refractivity (Wildman–Crippen MR) is 60.5 cm³/mol. The van der Waals surface area contributed by atoms with Gasteiger partial charge in [-0.2, -0.15) is 18.4 Å². The Morgan fingerprint density at radius 1 is 1.50 bits per heavy atom. The van der Waals surface area contributed by atoms with Gasteiger partial charge in [-0.05, 0) is 12.1 Å². The first-order valence-corrected chi connectivity index (χ1v) is 5.02. The lowest BCUT2D eigenvalue weighted by atomic mass is 10.2. The maximum absolute atomic E-state index is 12.6. The zero-order valence-electron chi connectivity index (χ0n) is 9.62. The zero-order chi connectivity index (χ0) is 13.8. The van der Waals surface area contributed by atoms with Gasteiger partial charge in [0.15, 0.2) is 0 Å². The van der Waals surface area contributed by atoms with E-state index >= 15 is 0 Å². The molecule has 0 spiro atoms. The lowest BCUT2D eigenvalue weighted by molar-refractivity contribution is -0.137. The van der Waals surface area contributed by atoms with Crippen LogP contribution in [-0.2, 0) is 6.18 Å². The number of aromatic nitrogens is 1. The summed E-state index contributed by atoms with van der Waals surface area (Å²) in [5.41, 5.74) is 1.24. The van der Waals surface area contributed by atoms with E-state index in [1.165, 1.54) is 4.90 Å². The SMILES string of the molecule is CN(CCC#N)c1cc(C(F)(F)F)cc(NN)n1. The zero-order valence-corrected chi connectivity index (χ0v) is 9.62. The Labute approximate surface area is 102 Å². The van der Waals surface area contributed by atoms with Crippen LogP contribution in [0, 0.1) is 11.3 Å². The molecule has 1 heterocycles. The molecule has 0 saturated heterocycles. The highest BCUT2D eigenvalue weighted by Crippen LogP contribution is 2.32. The molecule has 1 rings (SSSR count). The molecule has 0 radical (unpaired) electrons. The van der Waals surface area contributed by atoms with E-state index in [0.717, 1.165) is 12.1 Å². The van der Waals surface area contributed by atoms with Crippen LogP contribution in [0.4, 0.5) is 24.8 Å². The normalized spacial score (nSPS) is 10.9. The summed E-state index contributed by atoms with van der Waals surface area (Å²) >= 11 is 0. The quantitative estimate of drug-likeness (QED) is 0.636. The first-order valence-electron chi connectivity index (χ1n) is 5.02. The standard InChI is InChI=1S/C10H12F3N5/c1-18(4-2-3-14)9-6-7(10(11,12)13)5-8(16-9)17-15/h5-6H,2,4,15H2,1H3,(H,16,17). The minimum absolute atomic E-state index is 0.0800. The average molecular weight is 259 g/mol. The molecule has 18 heavy (non-hydrogen) atoms. The molecule has 0 fully saturated rings. The Balaban J connectivity index is 3.09. The van der Waals surface area contributed by atoms with Gasteiger partial charge in [0.25, 0.3) is 0 Å². The molecule has 0 aliphatic heterocycles. The van der Waals surface area contributed by atoms with Gasteiger partial charge in [-0.25, -0.2) is 10.8 Å². The van der Waals surface area contributed by atoms with Crippen molar-refractivity contribution in [3.63, 3.8) is 0 Å². The monoisotopic (exact) mass is 259 g/mol. The summed E-state index contributed by atoms with van der Waals surface area (Å²) in [4.78, 5) is 5.36. The van der Waals surface area contributed by atoms with E-state index in [9.17, 15) is 13.2 Å². The second-order valence-corrected chi connectivity index (χ2v) is 3.57. The van der Waals surface area contributed by atoms with Crippen LogP contribution in [0.3, 0.4) is 0 Å². The van der Waals surface area contributed by atoms with E-state index in [4.69, 9.17) is 11.1 Å². The molecule has 0 unspecified atom stereocenters. The third kappa shape index (κ3) is 3.49. The van der Waals surface area contributed by atoms with Gasteiger partial charge in [-0.3, -0.25) is 0 Å². The third-order valence-electron chi connectivity index (χ3n) is 2.24. The lowest BCUT2D eigenvalue weighted by Crippen LogP contribution is -2.21. The van der Waals surface area contributed by atoms with Crippen LogP contribution in [0.15, 0.2) is 12.1 Å². The van der Waals surface area contributed by atoms with Crippen LogP contribution in [0.1, 0.15) is 12.0 Å². The minimum Gasteiger partial charge on any atom is -0.359 e. The number of anilines is 2. The molecule has 1 aromatic heterocycles. The first kappa shape index (κ1) is 14.1. The molecule has 3 N–H and O–H groups in total. The topological polar surface area (TPSA) is 78.0 Å². The second-order valence-electron chi connectivity index (χ2n) is 3.57. The summed E-state index contributed by atoms with van der Waals surface area (Å²) in [6, 6.07) is 3.65. The van der Waals surface area contributed by atoms with Crippen molar-refractivity contribution in [2.75, 3.05) is 23.9 Å². The van der Waals surface area contributed by atoms with Crippen LogP contribution >= 0.6 is 0 Å². The Hall–Kier alpha value is -2.01. The summed E-state index contributed by atoms with van der Waals surface area (Å²) in [5.74, 6) is 5.11. The number of pyridine rings is 1. The molecule has 1 aromatic rings. The van der Waals surface area contributed by atoms with Crippen molar-refractivity contribution in [2.45, 2.75) is 12.6 Å². The molecule has 5 nitrogen and oxygen atoms in total. The number of rotatable bonds is 4. The van der Waals surface area contributed by atoms with Gasteiger partial charge in [0.05, 0.1) is 18.1 Å². The van der Waals surface area contributed by atoms with Crippen LogP contribution in [0.25, 0.3) is 0 Å². The second kappa shape index (κ2) is 5.55. The van der Waals surface area contributed by atoms with E-state index < -0.39 is 11.7 Å². The smallest absolute Gasteiger partial charge is 0.359 e. The number of halogens is 3. The van der Waals surface area contributed by atoms with Crippen molar-refractivity contribution in [1.29, 1.82) is 5.26 Å². The molecule has 8 heteroatoms. The minimum atomic E-state index is -4.47. The Morgan fingerprint density at radius 3 is 2.67 bits per heavy atom. The molecule has 0 amide bonds. The molecule has 0 bridgehead atoms. The van der Waals surface area contributed by atoms with Crippen molar-refractivity contribution >= 4 is 11.6 Å². The largest absolute Gasteiger partial charge is 0.416 e. The number of hydrogen-bond donors (Lipinski definition) is 2. The summed E-state index contributed by atoms with van der Waals surface area (Å²) in [7, 11) is 1.56. The number of hydrogen-bond acceptors (Lipinski definition) is 5. The van der Waals surface area contributed by atoms with Crippen molar-refractivity contribution in [2.24, 2.45) is 5.84 Å². The molecular weight excluding hydrogens is 247 g/mol. The van der Waals surface area contributed by atoms with Gasteiger partial charge < -0.3 is 10.3 Å². The number of alkyl halides is 3. The van der Waals surface area contributed by atoms with Crippen LogP contribution in [-0.4, -0.2) is 18.6 Å². The fourth-order valence-corrected chi connectivity index (χ4v) is 1.28. The van der Waals surface area contributed by atoms with E-state index in [1.807, 2.05) is 6.07 Å². The van der Waals surface area contributed by atoms with E-state index in [2.05, 4.69) is 10.4 Å². The highest BCUT2D eigenvalue weighted by Gasteiger charge is 2.32. The van der Waals surface area contributed by atoms with Gasteiger partial charge >= 0.3 is 6.18 Å². The fourth-order valence-electron chi connectivity index (χ4n) is 1.28. The molecule has 98 valence electrons. The predicted octanol–water partition coefficient (Wildman–Crippen LogP) is 1.74. The van der Waals surface area contributed by atoms with Crippen molar-refractivity contribution in [3.05, 3.63) is 17.7 Å². The molecule has 0 saturated carbocycles. The fraction of sp³-hybridized carbons (Fsp3) is 0.400. The van der Waals surface area contributed by atoms with E-state index in [0.29, 0.717) is 0 Å². The maximum Gasteiger partial charge on any atom is 0.416 e. The molecule has 0 atom stereocenters. The maximum atomic E-state index is 12.6. The van der Waals surface area contributed by atoms with E-state index in [1.54, 1.807) is 7.05 Å². The van der Waals surface area contributed by atoms with Gasteiger partial charge in [-0.1, -0.05) is 0 Å².